The number of fused-ring (bicyclic) bond motifs is 1. The van der Waals surface area contributed by atoms with Gasteiger partial charge in [-0.25, -0.2) is 9.97 Å². The highest BCUT2D eigenvalue weighted by Gasteiger charge is 2.23. The van der Waals surface area contributed by atoms with Crippen LogP contribution < -0.4 is 0 Å². The first kappa shape index (κ1) is 21.1. The monoisotopic (exact) mass is 451 g/mol. The minimum absolute atomic E-state index is 0.0303. The van der Waals surface area contributed by atoms with Crippen LogP contribution in [0.4, 0.5) is 0 Å². The van der Waals surface area contributed by atoms with Gasteiger partial charge in [0.1, 0.15) is 10.0 Å². The van der Waals surface area contributed by atoms with Crippen molar-refractivity contribution in [3.63, 3.8) is 0 Å². The molecule has 2 aromatic carbocycles. The molecule has 1 amide bonds. The smallest absolute Gasteiger partial charge is 0.312 e. The van der Waals surface area contributed by atoms with Crippen molar-refractivity contribution in [1.82, 2.24) is 14.9 Å². The lowest BCUT2D eigenvalue weighted by Crippen LogP contribution is -2.37. The van der Waals surface area contributed by atoms with Gasteiger partial charge >= 0.3 is 5.97 Å². The third-order valence-electron chi connectivity index (χ3n) is 4.64. The van der Waals surface area contributed by atoms with Gasteiger partial charge in [-0.1, -0.05) is 42.5 Å². The summed E-state index contributed by atoms with van der Waals surface area (Å²) in [6.45, 7) is 1.96. The molecule has 2 aromatic heterocycles. The van der Waals surface area contributed by atoms with E-state index >= 15 is 0 Å². The largest absolute Gasteiger partial charge is 0.452 e. The topological polar surface area (TPSA) is 72.4 Å². The van der Waals surface area contributed by atoms with Gasteiger partial charge in [-0.15, -0.1) is 22.7 Å². The van der Waals surface area contributed by atoms with Crippen molar-refractivity contribution in [1.29, 1.82) is 0 Å². The zero-order chi connectivity index (χ0) is 21.8. The summed E-state index contributed by atoms with van der Waals surface area (Å²) < 4.78 is 6.45. The van der Waals surface area contributed by atoms with E-state index in [1.165, 1.54) is 16.2 Å². The quantitative estimate of drug-likeness (QED) is 0.386. The van der Waals surface area contributed by atoms with Crippen molar-refractivity contribution in [3.05, 3.63) is 70.7 Å². The number of esters is 1. The zero-order valence-electron chi connectivity index (χ0n) is 17.1. The maximum atomic E-state index is 12.7. The molecule has 1 atom stereocenters. The summed E-state index contributed by atoms with van der Waals surface area (Å²) in [5.74, 6) is -0.741. The molecule has 0 fully saturated rings. The van der Waals surface area contributed by atoms with Crippen LogP contribution in [-0.4, -0.2) is 39.9 Å². The molecule has 158 valence electrons. The number of hydrogen-bond acceptors (Lipinski definition) is 7. The van der Waals surface area contributed by atoms with Crippen molar-refractivity contribution in [2.45, 2.75) is 26.0 Å². The van der Waals surface area contributed by atoms with Crippen LogP contribution in [0.2, 0.25) is 0 Å². The summed E-state index contributed by atoms with van der Waals surface area (Å²) in [5, 5.41) is 3.53. The second-order valence-corrected chi connectivity index (χ2v) is 9.06. The van der Waals surface area contributed by atoms with Gasteiger partial charge in [0, 0.05) is 18.0 Å². The molecule has 0 saturated carbocycles. The number of hydrogen-bond donors (Lipinski definition) is 0. The van der Waals surface area contributed by atoms with E-state index in [9.17, 15) is 9.59 Å². The van der Waals surface area contributed by atoms with E-state index in [1.54, 1.807) is 25.3 Å². The summed E-state index contributed by atoms with van der Waals surface area (Å²) in [6, 6.07) is 17.6. The Bertz CT molecular complexity index is 1170. The van der Waals surface area contributed by atoms with Crippen LogP contribution in [0.5, 0.6) is 0 Å². The lowest BCUT2D eigenvalue weighted by Gasteiger charge is -2.20. The first-order valence-corrected chi connectivity index (χ1v) is 11.5. The lowest BCUT2D eigenvalue weighted by molar-refractivity contribution is -0.158. The number of amides is 1. The van der Waals surface area contributed by atoms with Gasteiger partial charge in [-0.05, 0) is 19.1 Å². The second-order valence-electron chi connectivity index (χ2n) is 7.09. The van der Waals surface area contributed by atoms with Crippen molar-refractivity contribution in [2.24, 2.45) is 0 Å². The van der Waals surface area contributed by atoms with E-state index in [-0.39, 0.29) is 12.3 Å². The van der Waals surface area contributed by atoms with Crippen LogP contribution in [0, 0.1) is 0 Å². The van der Waals surface area contributed by atoms with Crippen LogP contribution in [0.25, 0.3) is 20.8 Å². The molecule has 8 heteroatoms. The van der Waals surface area contributed by atoms with Crippen LogP contribution in [-0.2, 0) is 27.3 Å². The van der Waals surface area contributed by atoms with Gasteiger partial charge in [0.25, 0.3) is 5.91 Å². The Morgan fingerprint density at radius 3 is 2.58 bits per heavy atom. The molecule has 31 heavy (non-hydrogen) atoms. The van der Waals surface area contributed by atoms with Crippen LogP contribution in [0.3, 0.4) is 0 Å². The van der Waals surface area contributed by atoms with Gasteiger partial charge in [0.15, 0.2) is 6.10 Å². The molecule has 6 nitrogen and oxygen atoms in total. The predicted octanol–water partition coefficient (Wildman–Crippen LogP) is 4.55. The molecule has 1 unspecified atom stereocenters. The molecule has 0 saturated heterocycles. The maximum absolute atomic E-state index is 12.7. The fourth-order valence-corrected chi connectivity index (χ4v) is 4.96. The summed E-state index contributed by atoms with van der Waals surface area (Å²) in [6.07, 6.45) is -0.846. The Kier molecular flexibility index (Phi) is 6.39. The molecule has 0 radical (unpaired) electrons. The van der Waals surface area contributed by atoms with Crippen molar-refractivity contribution in [2.75, 3.05) is 7.05 Å². The Morgan fingerprint density at radius 1 is 1.06 bits per heavy atom. The summed E-state index contributed by atoms with van der Waals surface area (Å²) in [4.78, 5) is 35.6. The molecule has 0 bridgehead atoms. The van der Waals surface area contributed by atoms with Gasteiger partial charge in [0.05, 0.1) is 28.9 Å². The van der Waals surface area contributed by atoms with E-state index in [0.29, 0.717) is 12.2 Å². The molecule has 2 heterocycles. The second kappa shape index (κ2) is 9.36. The number of nitrogens with zero attached hydrogens (tertiary/aromatic N) is 3. The number of thiazole rings is 2. The highest BCUT2D eigenvalue weighted by Crippen LogP contribution is 2.24. The van der Waals surface area contributed by atoms with Crippen LogP contribution >= 0.6 is 22.7 Å². The minimum atomic E-state index is -0.876. The molecule has 4 rings (SSSR count). The third kappa shape index (κ3) is 5.15. The number of rotatable bonds is 7. The molecular weight excluding hydrogens is 430 g/mol. The van der Waals surface area contributed by atoms with Gasteiger partial charge < -0.3 is 9.64 Å². The lowest BCUT2D eigenvalue weighted by atomic mass is 10.2. The maximum Gasteiger partial charge on any atom is 0.312 e. The minimum Gasteiger partial charge on any atom is -0.452 e. The first-order chi connectivity index (χ1) is 15.0. The van der Waals surface area contributed by atoms with Gasteiger partial charge in [0.2, 0.25) is 0 Å². The normalized spacial score (nSPS) is 11.9. The number of ether oxygens (including phenoxy) is 1. The molecule has 0 aliphatic rings. The van der Waals surface area contributed by atoms with Crippen molar-refractivity contribution >= 4 is 44.8 Å². The number of aromatic nitrogens is 2. The molecule has 4 aromatic rings. The van der Waals surface area contributed by atoms with Crippen LogP contribution in [0.1, 0.15) is 17.6 Å². The fourth-order valence-electron chi connectivity index (χ4n) is 3.12. The summed E-state index contributed by atoms with van der Waals surface area (Å²) in [7, 11) is 1.69. The predicted molar refractivity (Wildman–Crippen MR) is 123 cm³/mol. The van der Waals surface area contributed by atoms with E-state index in [1.807, 2.05) is 60.0 Å². The van der Waals surface area contributed by atoms with E-state index in [4.69, 9.17) is 4.74 Å². The van der Waals surface area contributed by atoms with E-state index in [0.717, 1.165) is 25.8 Å². The molecule has 0 spiro atoms. The highest BCUT2D eigenvalue weighted by atomic mass is 32.1. The highest BCUT2D eigenvalue weighted by molar-refractivity contribution is 7.18. The molecule has 0 aliphatic carbocycles. The third-order valence-corrected chi connectivity index (χ3v) is 6.60. The first-order valence-electron chi connectivity index (χ1n) is 9.78. The summed E-state index contributed by atoms with van der Waals surface area (Å²) in [5.41, 5.74) is 2.56. The Labute approximate surface area is 188 Å². The van der Waals surface area contributed by atoms with Crippen molar-refractivity contribution < 1.29 is 14.3 Å². The average molecular weight is 452 g/mol. The number of para-hydroxylation sites is 1. The Balaban J connectivity index is 1.31. The van der Waals surface area contributed by atoms with Gasteiger partial charge in [-0.3, -0.25) is 9.59 Å². The number of benzene rings is 2. The van der Waals surface area contributed by atoms with E-state index in [2.05, 4.69) is 9.97 Å². The Hall–Kier alpha value is -3.10. The fraction of sp³-hybridized carbons (Fsp3) is 0.217. The average Bonchev–Trinajstić information content (AvgIpc) is 3.40. The zero-order valence-corrected chi connectivity index (χ0v) is 18.8. The van der Waals surface area contributed by atoms with E-state index < -0.39 is 12.1 Å². The molecule has 0 N–H and O–H groups in total. The number of likely N-dealkylation sites (N-methyl/N-ethyl adjacent to an activating group) is 1. The van der Waals surface area contributed by atoms with Crippen molar-refractivity contribution in [3.8, 4) is 10.6 Å². The molecule has 0 aliphatic heterocycles. The number of carbonyl (C=O) groups is 2. The SMILES string of the molecule is CC(OC(=O)Cc1csc(-c2ccccc2)n1)C(=O)N(C)Cc1nc2ccccc2s1. The van der Waals surface area contributed by atoms with Crippen LogP contribution in [0.15, 0.2) is 60.0 Å². The summed E-state index contributed by atoms with van der Waals surface area (Å²) >= 11 is 3.03. The molecular formula is C23H21N3O3S2. The number of carbonyl (C=O) groups excluding carboxylic acids is 2. The Morgan fingerprint density at radius 2 is 1.81 bits per heavy atom. The standard InChI is InChI=1S/C23H21N3O3S2/c1-15(23(28)26(2)13-20-25-18-10-6-7-11-19(18)31-20)29-21(27)12-17-14-30-22(24-17)16-8-4-3-5-9-16/h3-11,14-15H,12-13H2,1-2H3. The van der Waals surface area contributed by atoms with Gasteiger partial charge in [-0.2, -0.15) is 0 Å².